The summed E-state index contributed by atoms with van der Waals surface area (Å²) in [5.74, 6) is 1.93. The third-order valence-corrected chi connectivity index (χ3v) is 3.22. The van der Waals surface area contributed by atoms with E-state index >= 15 is 0 Å². The fraction of sp³-hybridized carbons (Fsp3) is 0.267. The Morgan fingerprint density at radius 2 is 2.27 bits per heavy atom. The Bertz CT molecular complexity index is 736. The number of aliphatic hydroxyl groups excluding tert-OH is 1. The molecule has 3 aromatic heterocycles. The number of anilines is 1. The van der Waals surface area contributed by atoms with Crippen molar-refractivity contribution in [3.63, 3.8) is 0 Å². The number of nitrogens with one attached hydrogen (secondary N) is 1. The van der Waals surface area contributed by atoms with E-state index in [1.165, 1.54) is 0 Å². The highest BCUT2D eigenvalue weighted by Crippen LogP contribution is 2.29. The van der Waals surface area contributed by atoms with Crippen molar-refractivity contribution in [1.82, 2.24) is 19.5 Å². The summed E-state index contributed by atoms with van der Waals surface area (Å²) < 4.78 is 7.39. The summed E-state index contributed by atoms with van der Waals surface area (Å²) in [5.41, 5.74) is 1.48. The van der Waals surface area contributed by atoms with Crippen LogP contribution >= 0.6 is 0 Å². The van der Waals surface area contributed by atoms with Crippen LogP contribution in [0.5, 0.6) is 0 Å². The lowest BCUT2D eigenvalue weighted by atomic mass is 10.2. The molecule has 3 rings (SSSR count). The maximum absolute atomic E-state index is 8.84. The molecule has 0 bridgehead atoms. The fourth-order valence-corrected chi connectivity index (χ4v) is 2.14. The van der Waals surface area contributed by atoms with Gasteiger partial charge in [0.15, 0.2) is 5.76 Å². The number of nitrogens with zero attached hydrogens (tertiary/aromatic N) is 4. The highest BCUT2D eigenvalue weighted by molar-refractivity contribution is 5.75. The van der Waals surface area contributed by atoms with Gasteiger partial charge in [-0.2, -0.15) is 0 Å². The summed E-state index contributed by atoms with van der Waals surface area (Å²) >= 11 is 0. The van der Waals surface area contributed by atoms with Gasteiger partial charge in [0.2, 0.25) is 5.95 Å². The van der Waals surface area contributed by atoms with Crippen LogP contribution in [0.25, 0.3) is 22.8 Å². The van der Waals surface area contributed by atoms with Gasteiger partial charge in [-0.1, -0.05) is 0 Å². The Labute approximate surface area is 127 Å². The maximum atomic E-state index is 8.84. The van der Waals surface area contributed by atoms with E-state index in [1.54, 1.807) is 18.7 Å². The Kier molecular flexibility index (Phi) is 4.15. The number of rotatable bonds is 6. The van der Waals surface area contributed by atoms with Crippen molar-refractivity contribution in [3.05, 3.63) is 37.0 Å². The Morgan fingerprint density at radius 3 is 2.95 bits per heavy atom. The van der Waals surface area contributed by atoms with E-state index in [0.29, 0.717) is 30.4 Å². The summed E-state index contributed by atoms with van der Waals surface area (Å²) in [6.45, 7) is 0.735. The smallest absolute Gasteiger partial charge is 0.223 e. The summed E-state index contributed by atoms with van der Waals surface area (Å²) in [4.78, 5) is 13.2. The molecular formula is C15H17N5O2. The number of imidazole rings is 1. The topological polar surface area (TPSA) is 89.0 Å². The fourth-order valence-electron chi connectivity index (χ4n) is 2.14. The molecule has 0 atom stereocenters. The SMILES string of the molecule is Cn1ccnc1-c1cnc(NCCCO)nc1-c1ccco1. The zero-order valence-electron chi connectivity index (χ0n) is 12.2. The summed E-state index contributed by atoms with van der Waals surface area (Å²) in [6.07, 6.45) is 7.58. The van der Waals surface area contributed by atoms with E-state index in [0.717, 1.165) is 11.4 Å². The largest absolute Gasteiger partial charge is 0.463 e. The van der Waals surface area contributed by atoms with Crippen molar-refractivity contribution in [2.45, 2.75) is 6.42 Å². The third-order valence-electron chi connectivity index (χ3n) is 3.22. The lowest BCUT2D eigenvalue weighted by molar-refractivity contribution is 0.292. The van der Waals surface area contributed by atoms with Crippen LogP contribution < -0.4 is 5.32 Å². The number of hydrogen-bond donors (Lipinski definition) is 2. The minimum absolute atomic E-state index is 0.128. The van der Waals surface area contributed by atoms with Gasteiger partial charge in [0.05, 0.1) is 11.8 Å². The minimum Gasteiger partial charge on any atom is -0.463 e. The van der Waals surface area contributed by atoms with Crippen LogP contribution in [0, 0.1) is 0 Å². The molecule has 0 aliphatic rings. The number of aromatic nitrogens is 4. The van der Waals surface area contributed by atoms with Gasteiger partial charge < -0.3 is 19.4 Å². The second kappa shape index (κ2) is 6.40. The van der Waals surface area contributed by atoms with Crippen LogP contribution in [-0.2, 0) is 7.05 Å². The van der Waals surface area contributed by atoms with Gasteiger partial charge in [0.25, 0.3) is 0 Å². The first kappa shape index (κ1) is 14.3. The Morgan fingerprint density at radius 1 is 1.36 bits per heavy atom. The second-order valence-corrected chi connectivity index (χ2v) is 4.80. The Hall–Kier alpha value is -2.67. The lowest BCUT2D eigenvalue weighted by Gasteiger charge is -2.09. The first-order valence-corrected chi connectivity index (χ1v) is 7.03. The van der Waals surface area contributed by atoms with Crippen molar-refractivity contribution in [1.29, 1.82) is 0 Å². The number of aliphatic hydroxyl groups is 1. The average molecular weight is 299 g/mol. The zero-order chi connectivity index (χ0) is 15.4. The third kappa shape index (κ3) is 2.84. The molecule has 22 heavy (non-hydrogen) atoms. The van der Waals surface area contributed by atoms with Crippen molar-refractivity contribution < 1.29 is 9.52 Å². The molecule has 0 radical (unpaired) electrons. The summed E-state index contributed by atoms with van der Waals surface area (Å²) in [5, 5.41) is 11.9. The van der Waals surface area contributed by atoms with Crippen molar-refractivity contribution in [2.75, 3.05) is 18.5 Å². The van der Waals surface area contributed by atoms with Crippen molar-refractivity contribution >= 4 is 5.95 Å². The minimum atomic E-state index is 0.128. The molecule has 0 aromatic carbocycles. The molecule has 7 nitrogen and oxygen atoms in total. The molecule has 0 amide bonds. The monoisotopic (exact) mass is 299 g/mol. The molecule has 3 aromatic rings. The quantitative estimate of drug-likeness (QED) is 0.676. The normalized spacial score (nSPS) is 10.8. The van der Waals surface area contributed by atoms with E-state index in [2.05, 4.69) is 20.3 Å². The predicted molar refractivity (Wildman–Crippen MR) is 82.1 cm³/mol. The molecule has 0 spiro atoms. The average Bonchev–Trinajstić information content (AvgIpc) is 3.19. The van der Waals surface area contributed by atoms with Gasteiger partial charge in [0.1, 0.15) is 11.5 Å². The zero-order valence-corrected chi connectivity index (χ0v) is 12.2. The molecule has 114 valence electrons. The number of aryl methyl sites for hydroxylation is 1. The highest BCUT2D eigenvalue weighted by atomic mass is 16.3. The summed E-state index contributed by atoms with van der Waals surface area (Å²) in [7, 11) is 1.92. The number of furan rings is 1. The second-order valence-electron chi connectivity index (χ2n) is 4.80. The van der Waals surface area contributed by atoms with E-state index in [-0.39, 0.29) is 6.61 Å². The lowest BCUT2D eigenvalue weighted by Crippen LogP contribution is -2.08. The molecular weight excluding hydrogens is 282 g/mol. The van der Waals surface area contributed by atoms with E-state index in [1.807, 2.05) is 29.9 Å². The molecule has 0 saturated heterocycles. The van der Waals surface area contributed by atoms with Crippen LogP contribution in [0.15, 0.2) is 41.4 Å². The van der Waals surface area contributed by atoms with Crippen LogP contribution in [-0.4, -0.2) is 37.8 Å². The standard InChI is InChI=1S/C15H17N5O2/c1-20-7-6-16-14(20)11-10-18-15(17-5-3-8-21)19-13(11)12-4-2-9-22-12/h2,4,6-7,9-10,21H,3,5,8H2,1H3,(H,17,18,19). The molecule has 0 unspecified atom stereocenters. The molecule has 0 aliphatic heterocycles. The number of hydrogen-bond acceptors (Lipinski definition) is 6. The first-order chi connectivity index (χ1) is 10.8. The molecule has 0 saturated carbocycles. The van der Waals surface area contributed by atoms with E-state index < -0.39 is 0 Å². The van der Waals surface area contributed by atoms with Gasteiger partial charge in [0, 0.05) is 38.8 Å². The molecule has 7 heteroatoms. The van der Waals surface area contributed by atoms with E-state index in [4.69, 9.17) is 9.52 Å². The molecule has 2 N–H and O–H groups in total. The van der Waals surface area contributed by atoms with Gasteiger partial charge >= 0.3 is 0 Å². The van der Waals surface area contributed by atoms with Crippen LogP contribution in [0.2, 0.25) is 0 Å². The summed E-state index contributed by atoms with van der Waals surface area (Å²) in [6, 6.07) is 3.67. The van der Waals surface area contributed by atoms with Gasteiger partial charge in [-0.15, -0.1) is 0 Å². The predicted octanol–water partition coefficient (Wildman–Crippen LogP) is 1.93. The van der Waals surface area contributed by atoms with Crippen LogP contribution in [0.4, 0.5) is 5.95 Å². The van der Waals surface area contributed by atoms with Crippen LogP contribution in [0.1, 0.15) is 6.42 Å². The van der Waals surface area contributed by atoms with Crippen molar-refractivity contribution in [3.8, 4) is 22.8 Å². The first-order valence-electron chi connectivity index (χ1n) is 7.03. The van der Waals surface area contributed by atoms with Gasteiger partial charge in [-0.05, 0) is 18.6 Å². The van der Waals surface area contributed by atoms with Gasteiger partial charge in [-0.3, -0.25) is 0 Å². The van der Waals surface area contributed by atoms with E-state index in [9.17, 15) is 0 Å². The molecule has 0 aliphatic carbocycles. The highest BCUT2D eigenvalue weighted by Gasteiger charge is 2.16. The maximum Gasteiger partial charge on any atom is 0.223 e. The van der Waals surface area contributed by atoms with Gasteiger partial charge in [-0.25, -0.2) is 15.0 Å². The van der Waals surface area contributed by atoms with Crippen molar-refractivity contribution in [2.24, 2.45) is 7.05 Å². The van der Waals surface area contributed by atoms with Crippen LogP contribution in [0.3, 0.4) is 0 Å². The molecule has 0 fully saturated rings. The Balaban J connectivity index is 2.01. The molecule has 3 heterocycles.